The summed E-state index contributed by atoms with van der Waals surface area (Å²) < 4.78 is 11.8. The average Bonchev–Trinajstić information content (AvgIpc) is 2.71. The molecular formula is C11H13ClN2O5. The third-order valence-corrected chi connectivity index (χ3v) is 2.88. The van der Waals surface area contributed by atoms with Crippen LogP contribution in [0.4, 0.5) is 0 Å². The molecule has 0 saturated carbocycles. The summed E-state index contributed by atoms with van der Waals surface area (Å²) in [6, 6.07) is 1.22. The highest BCUT2D eigenvalue weighted by molar-refractivity contribution is 6.25. The molecule has 0 bridgehead atoms. The third-order valence-electron chi connectivity index (χ3n) is 2.77. The van der Waals surface area contributed by atoms with E-state index in [0.717, 1.165) is 0 Å². The number of ether oxygens (including phenoxy) is 2. The Balaban J connectivity index is 2.07. The van der Waals surface area contributed by atoms with E-state index in [1.165, 1.54) is 28.6 Å². The zero-order valence-corrected chi connectivity index (χ0v) is 10.6. The van der Waals surface area contributed by atoms with Crippen LogP contribution in [0.5, 0.6) is 0 Å². The van der Waals surface area contributed by atoms with Crippen LogP contribution < -0.4 is 11.2 Å². The third kappa shape index (κ3) is 3.25. The second-order valence-corrected chi connectivity index (χ2v) is 4.30. The fourth-order valence-corrected chi connectivity index (χ4v) is 1.95. The molecule has 0 aromatic carbocycles. The number of H-pyrrole nitrogens is 1. The Labute approximate surface area is 113 Å². The molecule has 1 saturated heterocycles. The van der Waals surface area contributed by atoms with Gasteiger partial charge >= 0.3 is 5.69 Å². The standard InChI is InChI=1S/C11H13ClN2O5/c12-2-4-18-6-8-7(15)5-10(19-8)14-3-1-9(16)13-11(14)17/h1-4,7-8,10,15H,5-6H2,(H,13,16,17)/t7-,8+,10+/m0/s1. The topological polar surface area (TPSA) is 93.6 Å². The van der Waals surface area contributed by atoms with Crippen LogP contribution in [0, 0.1) is 0 Å². The second-order valence-electron chi connectivity index (χ2n) is 4.05. The van der Waals surface area contributed by atoms with Crippen molar-refractivity contribution in [2.75, 3.05) is 6.61 Å². The van der Waals surface area contributed by atoms with E-state index in [2.05, 4.69) is 4.98 Å². The number of nitrogens with zero attached hydrogens (tertiary/aromatic N) is 1. The summed E-state index contributed by atoms with van der Waals surface area (Å²) in [7, 11) is 0. The molecule has 2 rings (SSSR count). The van der Waals surface area contributed by atoms with Crippen molar-refractivity contribution in [3.8, 4) is 0 Å². The van der Waals surface area contributed by atoms with E-state index in [-0.39, 0.29) is 13.0 Å². The van der Waals surface area contributed by atoms with Gasteiger partial charge in [-0.05, 0) is 0 Å². The van der Waals surface area contributed by atoms with Crippen molar-refractivity contribution in [1.29, 1.82) is 0 Å². The molecule has 0 spiro atoms. The molecule has 1 aromatic rings. The summed E-state index contributed by atoms with van der Waals surface area (Å²) in [6.07, 6.45) is 0.902. The number of aliphatic hydroxyl groups is 1. The first-order chi connectivity index (χ1) is 9.11. The van der Waals surface area contributed by atoms with E-state index < -0.39 is 29.7 Å². The first kappa shape index (κ1) is 13.9. The Hall–Kier alpha value is -1.57. The van der Waals surface area contributed by atoms with Crippen molar-refractivity contribution < 1.29 is 14.6 Å². The molecule has 1 aromatic heterocycles. The van der Waals surface area contributed by atoms with Gasteiger partial charge in [-0.2, -0.15) is 0 Å². The van der Waals surface area contributed by atoms with Crippen molar-refractivity contribution in [2.24, 2.45) is 0 Å². The van der Waals surface area contributed by atoms with Crippen LogP contribution in [-0.4, -0.2) is 33.5 Å². The van der Waals surface area contributed by atoms with Crippen molar-refractivity contribution in [1.82, 2.24) is 9.55 Å². The molecule has 0 amide bonds. The molecule has 1 aliphatic rings. The number of hydrogen-bond donors (Lipinski definition) is 2. The van der Waals surface area contributed by atoms with Gasteiger partial charge in [0.1, 0.15) is 18.9 Å². The number of hydrogen-bond acceptors (Lipinski definition) is 5. The molecule has 0 unspecified atom stereocenters. The smallest absolute Gasteiger partial charge is 0.330 e. The average molecular weight is 289 g/mol. The number of rotatable bonds is 4. The first-order valence-corrected chi connectivity index (χ1v) is 6.07. The minimum Gasteiger partial charge on any atom is -0.497 e. The molecule has 0 aliphatic carbocycles. The van der Waals surface area contributed by atoms with Gasteiger partial charge in [0.05, 0.1) is 12.4 Å². The maximum absolute atomic E-state index is 11.6. The zero-order valence-electron chi connectivity index (χ0n) is 9.86. The lowest BCUT2D eigenvalue weighted by molar-refractivity contribution is -0.0485. The van der Waals surface area contributed by atoms with Crippen molar-refractivity contribution in [3.63, 3.8) is 0 Å². The van der Waals surface area contributed by atoms with Crippen LogP contribution in [0.1, 0.15) is 12.6 Å². The highest BCUT2D eigenvalue weighted by Crippen LogP contribution is 2.27. The predicted molar refractivity (Wildman–Crippen MR) is 66.8 cm³/mol. The van der Waals surface area contributed by atoms with Gasteiger partial charge in [-0.3, -0.25) is 14.3 Å². The number of aromatic nitrogens is 2. The normalized spacial score (nSPS) is 26.9. The molecule has 19 heavy (non-hydrogen) atoms. The minimum atomic E-state index is -0.757. The molecule has 2 N–H and O–H groups in total. The summed E-state index contributed by atoms with van der Waals surface area (Å²) in [6.45, 7) is 0.124. The highest BCUT2D eigenvalue weighted by Gasteiger charge is 2.35. The van der Waals surface area contributed by atoms with Gasteiger partial charge in [-0.15, -0.1) is 0 Å². The van der Waals surface area contributed by atoms with E-state index in [4.69, 9.17) is 21.1 Å². The van der Waals surface area contributed by atoms with Crippen LogP contribution >= 0.6 is 11.6 Å². The summed E-state index contributed by atoms with van der Waals surface area (Å²) in [4.78, 5) is 24.7. The summed E-state index contributed by atoms with van der Waals surface area (Å²) >= 11 is 5.30. The van der Waals surface area contributed by atoms with E-state index >= 15 is 0 Å². The number of aliphatic hydroxyl groups excluding tert-OH is 1. The van der Waals surface area contributed by atoms with E-state index in [1.807, 2.05) is 0 Å². The Morgan fingerprint density at radius 1 is 1.63 bits per heavy atom. The van der Waals surface area contributed by atoms with Gasteiger partial charge in [0.25, 0.3) is 5.56 Å². The number of halogens is 1. The van der Waals surface area contributed by atoms with E-state index in [0.29, 0.717) is 0 Å². The van der Waals surface area contributed by atoms with Crippen LogP contribution in [0.25, 0.3) is 0 Å². The summed E-state index contributed by atoms with van der Waals surface area (Å²) in [5.41, 5.74) is 0.143. The lowest BCUT2D eigenvalue weighted by Gasteiger charge is -2.15. The van der Waals surface area contributed by atoms with Crippen LogP contribution in [0.2, 0.25) is 0 Å². The fourth-order valence-electron chi connectivity index (χ4n) is 1.88. The molecule has 7 nitrogen and oxygen atoms in total. The summed E-state index contributed by atoms with van der Waals surface area (Å²) in [5, 5.41) is 9.82. The van der Waals surface area contributed by atoms with Crippen molar-refractivity contribution >= 4 is 11.6 Å². The van der Waals surface area contributed by atoms with Crippen molar-refractivity contribution in [3.05, 3.63) is 44.9 Å². The Kier molecular flexibility index (Phi) is 4.41. The number of nitrogens with one attached hydrogen (secondary N) is 1. The Morgan fingerprint density at radius 3 is 3.11 bits per heavy atom. The van der Waals surface area contributed by atoms with E-state index in [1.54, 1.807) is 0 Å². The van der Waals surface area contributed by atoms with Gasteiger partial charge in [0.15, 0.2) is 0 Å². The van der Waals surface area contributed by atoms with Gasteiger partial charge in [-0.25, -0.2) is 4.79 Å². The van der Waals surface area contributed by atoms with Crippen molar-refractivity contribution in [2.45, 2.75) is 24.9 Å². The van der Waals surface area contributed by atoms with Gasteiger partial charge in [-0.1, -0.05) is 11.6 Å². The monoisotopic (exact) mass is 288 g/mol. The van der Waals surface area contributed by atoms with E-state index in [9.17, 15) is 14.7 Å². The van der Waals surface area contributed by atoms with Crippen LogP contribution in [0.3, 0.4) is 0 Å². The predicted octanol–water partition coefficient (Wildman–Crippen LogP) is -0.0884. The summed E-state index contributed by atoms with van der Waals surface area (Å²) in [5.74, 6) is 0. The fraction of sp³-hybridized carbons (Fsp3) is 0.455. The van der Waals surface area contributed by atoms with Gasteiger partial charge in [0, 0.05) is 24.2 Å². The molecule has 2 heterocycles. The Bertz CT molecular complexity index is 567. The lowest BCUT2D eigenvalue weighted by atomic mass is 10.2. The Morgan fingerprint density at radius 2 is 2.42 bits per heavy atom. The number of aromatic amines is 1. The molecule has 8 heteroatoms. The largest absolute Gasteiger partial charge is 0.497 e. The molecular weight excluding hydrogens is 276 g/mol. The van der Waals surface area contributed by atoms with Crippen LogP contribution in [0.15, 0.2) is 33.6 Å². The second kappa shape index (κ2) is 6.05. The zero-order chi connectivity index (χ0) is 13.8. The lowest BCUT2D eigenvalue weighted by Crippen LogP contribution is -2.31. The molecule has 3 atom stereocenters. The minimum absolute atomic E-state index is 0.124. The van der Waals surface area contributed by atoms with Gasteiger partial charge in [0.2, 0.25) is 0 Å². The molecule has 1 aliphatic heterocycles. The SMILES string of the molecule is O=c1ccn([C@H]2C[C@H](O)[C@@H](COC=CCl)O2)c(=O)[nH]1. The molecule has 1 fully saturated rings. The van der Waals surface area contributed by atoms with Crippen LogP contribution in [-0.2, 0) is 9.47 Å². The van der Waals surface area contributed by atoms with Gasteiger partial charge < -0.3 is 14.6 Å². The maximum atomic E-state index is 11.6. The first-order valence-electron chi connectivity index (χ1n) is 5.63. The molecule has 0 radical (unpaired) electrons. The highest BCUT2D eigenvalue weighted by atomic mass is 35.5. The maximum Gasteiger partial charge on any atom is 0.330 e. The molecule has 104 valence electrons. The quantitative estimate of drug-likeness (QED) is 0.755.